The zero-order chi connectivity index (χ0) is 15.2. The molecular weight excluding hydrogens is 265 g/mol. The van der Waals surface area contributed by atoms with Crippen LogP contribution >= 0.6 is 0 Å². The summed E-state index contributed by atoms with van der Waals surface area (Å²) < 4.78 is 13.6. The molecule has 0 radical (unpaired) electrons. The molecular formula is C17H28FN3. The summed E-state index contributed by atoms with van der Waals surface area (Å²) in [5, 5.41) is 3.39. The van der Waals surface area contributed by atoms with Crippen molar-refractivity contribution in [1.29, 1.82) is 0 Å². The van der Waals surface area contributed by atoms with Gasteiger partial charge in [0.25, 0.3) is 0 Å². The molecule has 0 saturated carbocycles. The lowest BCUT2D eigenvalue weighted by molar-refractivity contribution is 0.337. The summed E-state index contributed by atoms with van der Waals surface area (Å²) in [6.45, 7) is 9.33. The summed E-state index contributed by atoms with van der Waals surface area (Å²) in [7, 11) is 2.17. The normalized spacial score (nSPS) is 20.6. The van der Waals surface area contributed by atoms with E-state index in [0.717, 1.165) is 51.1 Å². The van der Waals surface area contributed by atoms with E-state index in [0.29, 0.717) is 6.04 Å². The minimum Gasteiger partial charge on any atom is -0.367 e. The number of likely N-dealkylation sites (N-methyl/N-ethyl adjacent to an activating group) is 1. The van der Waals surface area contributed by atoms with Crippen molar-refractivity contribution in [3.63, 3.8) is 0 Å². The van der Waals surface area contributed by atoms with Crippen LogP contribution in [0.1, 0.15) is 32.3 Å². The molecule has 1 N–H and O–H groups in total. The van der Waals surface area contributed by atoms with E-state index in [4.69, 9.17) is 0 Å². The van der Waals surface area contributed by atoms with Crippen molar-refractivity contribution in [3.8, 4) is 0 Å². The number of benzene rings is 1. The van der Waals surface area contributed by atoms with Crippen molar-refractivity contribution in [3.05, 3.63) is 29.6 Å². The number of nitrogens with zero attached hydrogens (tertiary/aromatic N) is 2. The highest BCUT2D eigenvalue weighted by Crippen LogP contribution is 2.25. The highest BCUT2D eigenvalue weighted by molar-refractivity contribution is 5.55. The van der Waals surface area contributed by atoms with Gasteiger partial charge in [0.05, 0.1) is 0 Å². The fourth-order valence-electron chi connectivity index (χ4n) is 3.11. The SMILES string of the molecule is CCCNCc1cc(F)ccc1N1CCCN(C)CC1C. The molecule has 2 rings (SSSR count). The van der Waals surface area contributed by atoms with Crippen LogP contribution in [-0.2, 0) is 6.54 Å². The van der Waals surface area contributed by atoms with Gasteiger partial charge in [-0.15, -0.1) is 0 Å². The first-order valence-electron chi connectivity index (χ1n) is 8.06. The maximum atomic E-state index is 13.6. The van der Waals surface area contributed by atoms with Crippen LogP contribution in [0.3, 0.4) is 0 Å². The van der Waals surface area contributed by atoms with Crippen LogP contribution in [0, 0.1) is 5.82 Å². The largest absolute Gasteiger partial charge is 0.367 e. The molecule has 1 aliphatic heterocycles. The molecule has 4 heteroatoms. The van der Waals surface area contributed by atoms with Crippen molar-refractivity contribution in [2.24, 2.45) is 0 Å². The van der Waals surface area contributed by atoms with Crippen LogP contribution in [0.4, 0.5) is 10.1 Å². The van der Waals surface area contributed by atoms with E-state index in [9.17, 15) is 4.39 Å². The summed E-state index contributed by atoms with van der Waals surface area (Å²) in [4.78, 5) is 4.81. The minimum atomic E-state index is -0.147. The average Bonchev–Trinajstić information content (AvgIpc) is 2.60. The molecule has 21 heavy (non-hydrogen) atoms. The van der Waals surface area contributed by atoms with Crippen LogP contribution in [0.25, 0.3) is 0 Å². The van der Waals surface area contributed by atoms with Gasteiger partial charge in [0.15, 0.2) is 0 Å². The fraction of sp³-hybridized carbons (Fsp3) is 0.647. The lowest BCUT2D eigenvalue weighted by Crippen LogP contribution is -2.38. The maximum Gasteiger partial charge on any atom is 0.123 e. The molecule has 1 aromatic rings. The van der Waals surface area contributed by atoms with E-state index in [1.165, 1.54) is 5.69 Å². The predicted octanol–water partition coefficient (Wildman–Crippen LogP) is 2.86. The third-order valence-corrected chi connectivity index (χ3v) is 4.14. The second kappa shape index (κ2) is 7.76. The number of halogens is 1. The molecule has 1 fully saturated rings. The first-order chi connectivity index (χ1) is 10.1. The Morgan fingerprint density at radius 3 is 2.90 bits per heavy atom. The van der Waals surface area contributed by atoms with E-state index < -0.39 is 0 Å². The Balaban J connectivity index is 2.20. The van der Waals surface area contributed by atoms with Crippen LogP contribution in [0.2, 0.25) is 0 Å². The molecule has 1 unspecified atom stereocenters. The summed E-state index contributed by atoms with van der Waals surface area (Å²) in [5.74, 6) is -0.147. The third-order valence-electron chi connectivity index (χ3n) is 4.14. The highest BCUT2D eigenvalue weighted by Gasteiger charge is 2.21. The van der Waals surface area contributed by atoms with Crippen molar-refractivity contribution in [1.82, 2.24) is 10.2 Å². The summed E-state index contributed by atoms with van der Waals surface area (Å²) in [5.41, 5.74) is 2.25. The molecule has 1 heterocycles. The topological polar surface area (TPSA) is 18.5 Å². The number of hydrogen-bond acceptors (Lipinski definition) is 3. The summed E-state index contributed by atoms with van der Waals surface area (Å²) in [6, 6.07) is 5.66. The Kier molecular flexibility index (Phi) is 6.00. The van der Waals surface area contributed by atoms with Gasteiger partial charge in [0.2, 0.25) is 0 Å². The molecule has 0 spiro atoms. The third kappa shape index (κ3) is 4.42. The van der Waals surface area contributed by atoms with Crippen molar-refractivity contribution >= 4 is 5.69 Å². The predicted molar refractivity (Wildman–Crippen MR) is 87.3 cm³/mol. The van der Waals surface area contributed by atoms with Gasteiger partial charge in [0, 0.05) is 31.4 Å². The van der Waals surface area contributed by atoms with E-state index >= 15 is 0 Å². The van der Waals surface area contributed by atoms with E-state index in [1.807, 2.05) is 6.07 Å². The monoisotopic (exact) mass is 293 g/mol. The van der Waals surface area contributed by atoms with Gasteiger partial charge < -0.3 is 15.1 Å². The molecule has 1 aromatic carbocycles. The Morgan fingerprint density at radius 1 is 1.33 bits per heavy atom. The first kappa shape index (κ1) is 16.2. The molecule has 0 aliphatic carbocycles. The molecule has 0 amide bonds. The van der Waals surface area contributed by atoms with Gasteiger partial charge in [0.1, 0.15) is 5.82 Å². The molecule has 0 aromatic heterocycles. The van der Waals surface area contributed by atoms with Crippen LogP contribution < -0.4 is 10.2 Å². The number of nitrogens with one attached hydrogen (secondary N) is 1. The Bertz CT molecular complexity index is 450. The molecule has 0 bridgehead atoms. The number of anilines is 1. The quantitative estimate of drug-likeness (QED) is 0.842. The molecule has 1 aliphatic rings. The first-order valence-corrected chi connectivity index (χ1v) is 8.06. The summed E-state index contributed by atoms with van der Waals surface area (Å²) in [6.07, 6.45) is 2.25. The lowest BCUT2D eigenvalue weighted by Gasteiger charge is -2.32. The smallest absolute Gasteiger partial charge is 0.123 e. The fourth-order valence-corrected chi connectivity index (χ4v) is 3.11. The number of hydrogen-bond donors (Lipinski definition) is 1. The van der Waals surface area contributed by atoms with Crippen LogP contribution in [-0.4, -0.2) is 44.2 Å². The van der Waals surface area contributed by atoms with Gasteiger partial charge in [-0.3, -0.25) is 0 Å². The van der Waals surface area contributed by atoms with Gasteiger partial charge in [-0.1, -0.05) is 6.92 Å². The zero-order valence-corrected chi connectivity index (χ0v) is 13.5. The molecule has 1 atom stereocenters. The standard InChI is InChI=1S/C17H28FN3/c1-4-8-19-12-15-11-16(18)6-7-17(15)21-10-5-9-20(3)13-14(21)2/h6-7,11,14,19H,4-5,8-10,12-13H2,1-3H3. The van der Waals surface area contributed by atoms with Crippen LogP contribution in [0.5, 0.6) is 0 Å². The number of rotatable bonds is 5. The van der Waals surface area contributed by atoms with Crippen LogP contribution in [0.15, 0.2) is 18.2 Å². The Labute approximate surface area is 128 Å². The van der Waals surface area contributed by atoms with E-state index in [-0.39, 0.29) is 5.82 Å². The molecule has 1 saturated heterocycles. The van der Waals surface area contributed by atoms with E-state index in [1.54, 1.807) is 12.1 Å². The van der Waals surface area contributed by atoms with E-state index in [2.05, 4.69) is 36.0 Å². The zero-order valence-electron chi connectivity index (χ0n) is 13.5. The average molecular weight is 293 g/mol. The second-order valence-electron chi connectivity index (χ2n) is 6.11. The molecule has 118 valence electrons. The minimum absolute atomic E-state index is 0.147. The van der Waals surface area contributed by atoms with Gasteiger partial charge in [-0.25, -0.2) is 4.39 Å². The van der Waals surface area contributed by atoms with Crippen molar-refractivity contribution in [2.45, 2.75) is 39.3 Å². The maximum absolute atomic E-state index is 13.6. The van der Waals surface area contributed by atoms with Crippen molar-refractivity contribution in [2.75, 3.05) is 38.1 Å². The van der Waals surface area contributed by atoms with Gasteiger partial charge in [-0.2, -0.15) is 0 Å². The highest BCUT2D eigenvalue weighted by atomic mass is 19.1. The molecule has 3 nitrogen and oxygen atoms in total. The van der Waals surface area contributed by atoms with Crippen molar-refractivity contribution < 1.29 is 4.39 Å². The lowest BCUT2D eigenvalue weighted by atomic mass is 10.1. The van der Waals surface area contributed by atoms with Gasteiger partial charge in [-0.05, 0) is 63.7 Å². The Hall–Kier alpha value is -1.13. The van der Waals surface area contributed by atoms with Gasteiger partial charge >= 0.3 is 0 Å². The Morgan fingerprint density at radius 2 is 2.14 bits per heavy atom. The summed E-state index contributed by atoms with van der Waals surface area (Å²) >= 11 is 0. The second-order valence-corrected chi connectivity index (χ2v) is 6.11.